The third kappa shape index (κ3) is 3.80. The molecular weight excluding hydrogens is 360 g/mol. The van der Waals surface area contributed by atoms with Crippen molar-refractivity contribution in [2.45, 2.75) is 19.9 Å². The van der Waals surface area contributed by atoms with Crippen LogP contribution in [-0.2, 0) is 11.3 Å². The maximum absolute atomic E-state index is 12.4. The number of carbonyl (C=O) groups is 1. The first-order valence-corrected chi connectivity index (χ1v) is 9.81. The number of thiazole rings is 1. The van der Waals surface area contributed by atoms with Crippen molar-refractivity contribution in [3.63, 3.8) is 0 Å². The maximum atomic E-state index is 12.4. The van der Waals surface area contributed by atoms with Crippen LogP contribution >= 0.6 is 11.3 Å². The lowest BCUT2D eigenvalue weighted by molar-refractivity contribution is -0.113. The van der Waals surface area contributed by atoms with Crippen LogP contribution in [0.5, 0.6) is 11.5 Å². The molecule has 3 aromatic rings. The second-order valence-electron chi connectivity index (χ2n) is 6.19. The Labute approximate surface area is 161 Å². The van der Waals surface area contributed by atoms with Crippen LogP contribution in [-0.4, -0.2) is 23.7 Å². The summed E-state index contributed by atoms with van der Waals surface area (Å²) < 4.78 is 14.5. The van der Waals surface area contributed by atoms with Crippen LogP contribution in [0.25, 0.3) is 16.3 Å². The van der Waals surface area contributed by atoms with Crippen LogP contribution in [0.1, 0.15) is 18.9 Å². The van der Waals surface area contributed by atoms with Gasteiger partial charge in [0.1, 0.15) is 13.2 Å². The van der Waals surface area contributed by atoms with Gasteiger partial charge in [-0.25, -0.2) is 0 Å². The molecule has 2 heterocycles. The minimum Gasteiger partial charge on any atom is -0.486 e. The predicted octanol–water partition coefficient (Wildman–Crippen LogP) is 4.02. The maximum Gasteiger partial charge on any atom is 0.272 e. The number of aromatic nitrogens is 1. The Hall–Kier alpha value is -2.86. The highest BCUT2D eigenvalue weighted by atomic mass is 32.1. The number of rotatable bonds is 4. The van der Waals surface area contributed by atoms with E-state index in [-0.39, 0.29) is 5.91 Å². The summed E-state index contributed by atoms with van der Waals surface area (Å²) >= 11 is 1.49. The fraction of sp³-hybridized carbons (Fsp3) is 0.238. The second kappa shape index (κ2) is 7.80. The van der Waals surface area contributed by atoms with Crippen LogP contribution in [0.4, 0.5) is 0 Å². The van der Waals surface area contributed by atoms with Crippen LogP contribution in [0.2, 0.25) is 0 Å². The Morgan fingerprint density at radius 2 is 1.93 bits per heavy atom. The molecule has 27 heavy (non-hydrogen) atoms. The van der Waals surface area contributed by atoms with Gasteiger partial charge in [0.05, 0.1) is 10.2 Å². The Kier molecular flexibility index (Phi) is 5.07. The van der Waals surface area contributed by atoms with Crippen LogP contribution < -0.4 is 14.3 Å². The predicted molar refractivity (Wildman–Crippen MR) is 107 cm³/mol. The molecular formula is C21H20N2O3S. The van der Waals surface area contributed by atoms with Crippen molar-refractivity contribution in [1.29, 1.82) is 0 Å². The molecule has 0 N–H and O–H groups in total. The molecule has 0 bridgehead atoms. The van der Waals surface area contributed by atoms with Crippen molar-refractivity contribution in [2.75, 3.05) is 13.2 Å². The molecule has 5 nitrogen and oxygen atoms in total. The molecule has 0 saturated heterocycles. The van der Waals surface area contributed by atoms with Gasteiger partial charge in [-0.1, -0.05) is 48.6 Å². The number of ether oxygens (including phenoxy) is 2. The zero-order valence-electron chi connectivity index (χ0n) is 15.1. The molecule has 0 unspecified atom stereocenters. The normalized spacial score (nSPS) is 14.2. The summed E-state index contributed by atoms with van der Waals surface area (Å²) in [7, 11) is 0. The number of amides is 1. The van der Waals surface area contributed by atoms with E-state index in [4.69, 9.17) is 9.47 Å². The van der Waals surface area contributed by atoms with Gasteiger partial charge in [0.2, 0.25) is 0 Å². The lowest BCUT2D eigenvalue weighted by atomic mass is 10.2. The zero-order valence-corrected chi connectivity index (χ0v) is 15.9. The van der Waals surface area contributed by atoms with Crippen LogP contribution in [0, 0.1) is 0 Å². The van der Waals surface area contributed by atoms with E-state index in [9.17, 15) is 4.79 Å². The zero-order chi connectivity index (χ0) is 18.6. The fourth-order valence-electron chi connectivity index (χ4n) is 2.99. The van der Waals surface area contributed by atoms with E-state index in [2.05, 4.69) is 16.5 Å². The van der Waals surface area contributed by atoms with Gasteiger partial charge >= 0.3 is 0 Å². The Balaban J connectivity index is 1.73. The van der Waals surface area contributed by atoms with Crippen LogP contribution in [0.15, 0.2) is 53.5 Å². The second-order valence-corrected chi connectivity index (χ2v) is 7.20. The lowest BCUT2D eigenvalue weighted by Gasteiger charge is -2.18. The molecule has 0 fully saturated rings. The fourth-order valence-corrected chi connectivity index (χ4v) is 4.07. The molecule has 6 heteroatoms. The average molecular weight is 380 g/mol. The van der Waals surface area contributed by atoms with E-state index in [1.807, 2.05) is 42.5 Å². The van der Waals surface area contributed by atoms with Gasteiger partial charge in [-0.2, -0.15) is 4.99 Å². The molecule has 0 spiro atoms. The quantitative estimate of drug-likeness (QED) is 0.642. The van der Waals surface area contributed by atoms with E-state index in [1.165, 1.54) is 17.4 Å². The minimum absolute atomic E-state index is 0.271. The summed E-state index contributed by atoms with van der Waals surface area (Å²) in [6.45, 7) is 4.00. The molecule has 1 aromatic heterocycles. The molecule has 0 radical (unpaired) electrons. The number of aryl methyl sites for hydroxylation is 1. The lowest BCUT2D eigenvalue weighted by Crippen LogP contribution is -2.17. The van der Waals surface area contributed by atoms with Crippen molar-refractivity contribution in [2.24, 2.45) is 4.99 Å². The molecule has 1 amide bonds. The number of benzene rings is 2. The first-order chi connectivity index (χ1) is 13.2. The van der Waals surface area contributed by atoms with Crippen molar-refractivity contribution < 1.29 is 14.3 Å². The van der Waals surface area contributed by atoms with Gasteiger partial charge in [-0.15, -0.1) is 0 Å². The van der Waals surface area contributed by atoms with Gasteiger partial charge in [0.15, 0.2) is 16.3 Å². The minimum atomic E-state index is -0.271. The standard InChI is InChI=1S/C21H20N2O3S/c1-2-10-23-16-13-17-18(26-12-11-25-17)14-19(16)27-21(23)22-20(24)9-8-15-6-4-3-5-7-15/h3-9,13-14H,2,10-12H2,1H3. The molecule has 0 aliphatic carbocycles. The van der Waals surface area contributed by atoms with Gasteiger partial charge in [-0.05, 0) is 18.1 Å². The smallest absolute Gasteiger partial charge is 0.272 e. The van der Waals surface area contributed by atoms with E-state index >= 15 is 0 Å². The molecule has 0 atom stereocenters. The highest BCUT2D eigenvalue weighted by Gasteiger charge is 2.16. The number of carbonyl (C=O) groups excluding carboxylic acids is 1. The van der Waals surface area contributed by atoms with E-state index in [1.54, 1.807) is 6.08 Å². The molecule has 1 aliphatic heterocycles. The van der Waals surface area contributed by atoms with Gasteiger partial charge in [0.25, 0.3) is 5.91 Å². The topological polar surface area (TPSA) is 52.8 Å². The summed E-state index contributed by atoms with van der Waals surface area (Å²) in [5.41, 5.74) is 1.99. The van der Waals surface area contributed by atoms with Crippen molar-refractivity contribution in [3.8, 4) is 11.5 Å². The summed E-state index contributed by atoms with van der Waals surface area (Å²) in [5.74, 6) is 1.23. The Morgan fingerprint density at radius 1 is 1.19 bits per heavy atom. The van der Waals surface area contributed by atoms with Gasteiger partial charge < -0.3 is 14.0 Å². The molecule has 1 aliphatic rings. The van der Waals surface area contributed by atoms with Gasteiger partial charge in [-0.3, -0.25) is 4.79 Å². The number of nitrogens with zero attached hydrogens (tertiary/aromatic N) is 2. The van der Waals surface area contributed by atoms with Crippen molar-refractivity contribution >= 4 is 33.5 Å². The molecule has 2 aromatic carbocycles. The number of hydrogen-bond donors (Lipinski definition) is 0. The Bertz CT molecular complexity index is 1060. The molecule has 138 valence electrons. The third-order valence-electron chi connectivity index (χ3n) is 4.22. The largest absolute Gasteiger partial charge is 0.486 e. The van der Waals surface area contributed by atoms with Crippen molar-refractivity contribution in [1.82, 2.24) is 4.57 Å². The summed E-state index contributed by atoms with van der Waals surface area (Å²) in [5, 5.41) is 0. The summed E-state index contributed by atoms with van der Waals surface area (Å²) in [6.07, 6.45) is 4.23. The number of hydrogen-bond acceptors (Lipinski definition) is 4. The highest BCUT2D eigenvalue weighted by molar-refractivity contribution is 7.16. The monoisotopic (exact) mass is 380 g/mol. The van der Waals surface area contributed by atoms with E-state index in [0.717, 1.165) is 40.2 Å². The van der Waals surface area contributed by atoms with E-state index < -0.39 is 0 Å². The SMILES string of the molecule is CCCn1c(=NC(=O)C=Cc2ccccc2)sc2cc3c(cc21)OCCO3. The summed E-state index contributed by atoms with van der Waals surface area (Å²) in [6, 6.07) is 13.7. The molecule has 0 saturated carbocycles. The van der Waals surface area contributed by atoms with Crippen molar-refractivity contribution in [3.05, 3.63) is 58.9 Å². The van der Waals surface area contributed by atoms with E-state index in [0.29, 0.717) is 18.0 Å². The molecule has 4 rings (SSSR count). The number of fused-ring (bicyclic) bond motifs is 2. The Morgan fingerprint density at radius 3 is 2.67 bits per heavy atom. The highest BCUT2D eigenvalue weighted by Crippen LogP contribution is 2.35. The average Bonchev–Trinajstić information content (AvgIpc) is 3.02. The van der Waals surface area contributed by atoms with Crippen LogP contribution in [0.3, 0.4) is 0 Å². The third-order valence-corrected chi connectivity index (χ3v) is 5.26. The summed E-state index contributed by atoms with van der Waals surface area (Å²) in [4.78, 5) is 17.4. The first kappa shape index (κ1) is 17.5. The van der Waals surface area contributed by atoms with Gasteiger partial charge in [0, 0.05) is 24.8 Å². The first-order valence-electron chi connectivity index (χ1n) is 8.99.